The van der Waals surface area contributed by atoms with Crippen LogP contribution in [0.2, 0.25) is 0 Å². The average Bonchev–Trinajstić information content (AvgIpc) is 2.96. The molecule has 3 N–H and O–H groups in total. The van der Waals surface area contributed by atoms with E-state index in [0.29, 0.717) is 17.8 Å². The van der Waals surface area contributed by atoms with Crippen molar-refractivity contribution >= 4 is 39.2 Å². The molecule has 0 aliphatic heterocycles. The number of hydrogen-bond acceptors (Lipinski definition) is 4. The fourth-order valence-corrected chi connectivity index (χ4v) is 3.34. The third kappa shape index (κ3) is 3.52. The molecular formula is C17H16N4O2S. The van der Waals surface area contributed by atoms with E-state index >= 15 is 0 Å². The summed E-state index contributed by atoms with van der Waals surface area (Å²) in [4.78, 5) is 29.4. The predicted octanol–water partition coefficient (Wildman–Crippen LogP) is 3.06. The maximum absolute atomic E-state index is 12.5. The number of amides is 3. The SMILES string of the molecule is CN(Cc1nc2ccccc2s1)C(=O)c1ccc(NC(N)=O)cc1. The van der Waals surface area contributed by atoms with Gasteiger partial charge in [-0.05, 0) is 36.4 Å². The minimum absolute atomic E-state index is 0.111. The van der Waals surface area contributed by atoms with Gasteiger partial charge in [-0.1, -0.05) is 12.1 Å². The number of para-hydroxylation sites is 1. The molecule has 7 heteroatoms. The first-order chi connectivity index (χ1) is 11.5. The van der Waals surface area contributed by atoms with Crippen molar-refractivity contribution in [1.82, 2.24) is 9.88 Å². The van der Waals surface area contributed by atoms with Gasteiger partial charge in [-0.3, -0.25) is 4.79 Å². The Labute approximate surface area is 142 Å². The first-order valence-corrected chi connectivity index (χ1v) is 8.11. The summed E-state index contributed by atoms with van der Waals surface area (Å²) in [6.45, 7) is 0.444. The molecule has 0 spiro atoms. The number of fused-ring (bicyclic) bond motifs is 1. The Kier molecular flexibility index (Phi) is 4.43. The van der Waals surface area contributed by atoms with Crippen LogP contribution in [0.4, 0.5) is 10.5 Å². The smallest absolute Gasteiger partial charge is 0.316 e. The number of urea groups is 1. The Balaban J connectivity index is 1.70. The fourth-order valence-electron chi connectivity index (χ4n) is 2.32. The predicted molar refractivity (Wildman–Crippen MR) is 95.1 cm³/mol. The second-order valence-electron chi connectivity index (χ2n) is 5.30. The molecule has 2 aromatic carbocycles. The number of hydrogen-bond donors (Lipinski definition) is 2. The molecule has 3 amide bonds. The number of rotatable bonds is 4. The standard InChI is InChI=1S/C17H16N4O2S/c1-21(10-15-20-13-4-2-3-5-14(13)24-15)16(22)11-6-8-12(9-7-11)19-17(18)23/h2-9H,10H2,1H3,(H3,18,19,23). The molecule has 24 heavy (non-hydrogen) atoms. The molecule has 3 aromatic rings. The lowest BCUT2D eigenvalue weighted by Crippen LogP contribution is -2.26. The van der Waals surface area contributed by atoms with Crippen molar-refractivity contribution in [1.29, 1.82) is 0 Å². The molecule has 1 heterocycles. The summed E-state index contributed by atoms with van der Waals surface area (Å²) in [5, 5.41) is 3.35. The van der Waals surface area contributed by atoms with Crippen LogP contribution in [0.15, 0.2) is 48.5 Å². The highest BCUT2D eigenvalue weighted by Gasteiger charge is 2.14. The van der Waals surface area contributed by atoms with Crippen LogP contribution < -0.4 is 11.1 Å². The Morgan fingerprint density at radius 3 is 2.54 bits per heavy atom. The summed E-state index contributed by atoms with van der Waals surface area (Å²) in [6, 6.07) is 13.9. The van der Waals surface area contributed by atoms with E-state index in [0.717, 1.165) is 15.2 Å². The van der Waals surface area contributed by atoms with Crippen LogP contribution in [-0.2, 0) is 6.54 Å². The van der Waals surface area contributed by atoms with Gasteiger partial charge in [-0.25, -0.2) is 9.78 Å². The van der Waals surface area contributed by atoms with E-state index in [2.05, 4.69) is 10.3 Å². The van der Waals surface area contributed by atoms with E-state index in [4.69, 9.17) is 5.73 Å². The van der Waals surface area contributed by atoms with Crippen LogP contribution in [0.5, 0.6) is 0 Å². The molecule has 0 saturated heterocycles. The minimum atomic E-state index is -0.637. The molecule has 0 unspecified atom stereocenters. The highest BCUT2D eigenvalue weighted by atomic mass is 32.1. The lowest BCUT2D eigenvalue weighted by atomic mass is 10.2. The third-order valence-corrected chi connectivity index (χ3v) is 4.48. The van der Waals surface area contributed by atoms with Crippen molar-refractivity contribution in [3.8, 4) is 0 Å². The van der Waals surface area contributed by atoms with E-state index < -0.39 is 6.03 Å². The van der Waals surface area contributed by atoms with E-state index in [-0.39, 0.29) is 5.91 Å². The Morgan fingerprint density at radius 1 is 1.17 bits per heavy atom. The van der Waals surface area contributed by atoms with Gasteiger partial charge in [0.25, 0.3) is 5.91 Å². The van der Waals surface area contributed by atoms with Gasteiger partial charge in [0.15, 0.2) is 0 Å². The zero-order chi connectivity index (χ0) is 17.1. The normalized spacial score (nSPS) is 10.5. The van der Waals surface area contributed by atoms with Gasteiger partial charge in [-0.2, -0.15) is 0 Å². The number of primary amides is 1. The van der Waals surface area contributed by atoms with Crippen molar-refractivity contribution in [3.63, 3.8) is 0 Å². The van der Waals surface area contributed by atoms with E-state index in [9.17, 15) is 9.59 Å². The largest absolute Gasteiger partial charge is 0.351 e. The lowest BCUT2D eigenvalue weighted by molar-refractivity contribution is 0.0785. The minimum Gasteiger partial charge on any atom is -0.351 e. The molecule has 0 aliphatic rings. The Hall–Kier alpha value is -2.93. The van der Waals surface area contributed by atoms with Crippen molar-refractivity contribution in [2.24, 2.45) is 5.73 Å². The van der Waals surface area contributed by atoms with Gasteiger partial charge >= 0.3 is 6.03 Å². The van der Waals surface area contributed by atoms with Crippen LogP contribution in [0.3, 0.4) is 0 Å². The van der Waals surface area contributed by atoms with Crippen molar-refractivity contribution in [3.05, 3.63) is 59.1 Å². The monoisotopic (exact) mass is 340 g/mol. The van der Waals surface area contributed by atoms with Crippen LogP contribution in [0.1, 0.15) is 15.4 Å². The third-order valence-electron chi connectivity index (χ3n) is 3.46. The number of aromatic nitrogens is 1. The molecule has 0 atom stereocenters. The number of nitrogens with zero attached hydrogens (tertiary/aromatic N) is 2. The molecule has 0 saturated carbocycles. The quantitative estimate of drug-likeness (QED) is 0.765. The van der Waals surface area contributed by atoms with Crippen molar-refractivity contribution in [2.75, 3.05) is 12.4 Å². The summed E-state index contributed by atoms with van der Waals surface area (Å²) in [5.74, 6) is -0.111. The fraction of sp³-hybridized carbons (Fsp3) is 0.118. The van der Waals surface area contributed by atoms with Crippen LogP contribution in [0, 0.1) is 0 Å². The van der Waals surface area contributed by atoms with E-state index in [1.807, 2.05) is 24.3 Å². The number of carbonyl (C=O) groups excluding carboxylic acids is 2. The summed E-state index contributed by atoms with van der Waals surface area (Å²) in [7, 11) is 1.74. The zero-order valence-electron chi connectivity index (χ0n) is 13.0. The topological polar surface area (TPSA) is 88.3 Å². The van der Waals surface area contributed by atoms with Gasteiger partial charge in [0.05, 0.1) is 16.8 Å². The molecule has 0 radical (unpaired) electrons. The summed E-state index contributed by atoms with van der Waals surface area (Å²) >= 11 is 1.58. The van der Waals surface area contributed by atoms with Crippen LogP contribution in [-0.4, -0.2) is 28.9 Å². The maximum Gasteiger partial charge on any atom is 0.316 e. The molecule has 0 bridgehead atoms. The van der Waals surface area contributed by atoms with Gasteiger partial charge in [0.2, 0.25) is 0 Å². The van der Waals surface area contributed by atoms with Crippen LogP contribution in [0.25, 0.3) is 10.2 Å². The van der Waals surface area contributed by atoms with Gasteiger partial charge in [-0.15, -0.1) is 11.3 Å². The van der Waals surface area contributed by atoms with Crippen molar-refractivity contribution in [2.45, 2.75) is 6.54 Å². The van der Waals surface area contributed by atoms with Gasteiger partial charge in [0, 0.05) is 18.3 Å². The summed E-state index contributed by atoms with van der Waals surface area (Å²) in [5.41, 5.74) is 7.09. The first kappa shape index (κ1) is 15.9. The second-order valence-corrected chi connectivity index (χ2v) is 6.42. The highest BCUT2D eigenvalue weighted by Crippen LogP contribution is 2.23. The second kappa shape index (κ2) is 6.67. The summed E-state index contributed by atoms with van der Waals surface area (Å²) < 4.78 is 1.11. The lowest BCUT2D eigenvalue weighted by Gasteiger charge is -2.15. The first-order valence-electron chi connectivity index (χ1n) is 7.29. The summed E-state index contributed by atoms with van der Waals surface area (Å²) in [6.07, 6.45) is 0. The van der Waals surface area contributed by atoms with Gasteiger partial charge < -0.3 is 16.0 Å². The molecule has 122 valence electrons. The number of nitrogens with two attached hydrogens (primary N) is 1. The number of benzene rings is 2. The van der Waals surface area contributed by atoms with Crippen LogP contribution >= 0.6 is 11.3 Å². The molecule has 0 fully saturated rings. The van der Waals surface area contributed by atoms with Crippen molar-refractivity contribution < 1.29 is 9.59 Å². The number of nitrogens with one attached hydrogen (secondary N) is 1. The van der Waals surface area contributed by atoms with Gasteiger partial charge in [0.1, 0.15) is 5.01 Å². The Bertz CT molecular complexity index is 856. The maximum atomic E-state index is 12.5. The molecule has 0 aliphatic carbocycles. The molecule has 1 aromatic heterocycles. The molecule has 6 nitrogen and oxygen atoms in total. The number of anilines is 1. The van der Waals surface area contributed by atoms with E-state index in [1.165, 1.54) is 0 Å². The number of carbonyl (C=O) groups is 2. The average molecular weight is 340 g/mol. The number of thiazole rings is 1. The molecular weight excluding hydrogens is 324 g/mol. The zero-order valence-corrected chi connectivity index (χ0v) is 13.8. The van der Waals surface area contributed by atoms with E-state index in [1.54, 1.807) is 47.5 Å². The molecule has 3 rings (SSSR count). The Morgan fingerprint density at radius 2 is 1.88 bits per heavy atom. The highest BCUT2D eigenvalue weighted by molar-refractivity contribution is 7.18.